The van der Waals surface area contributed by atoms with E-state index in [9.17, 15) is 15.0 Å². The summed E-state index contributed by atoms with van der Waals surface area (Å²) in [5.41, 5.74) is 4.64. The summed E-state index contributed by atoms with van der Waals surface area (Å²) in [6, 6.07) is 11.1. The number of benzene rings is 2. The van der Waals surface area contributed by atoms with Gasteiger partial charge in [-0.15, -0.1) is 0 Å². The van der Waals surface area contributed by atoms with Crippen molar-refractivity contribution in [1.82, 2.24) is 0 Å². The van der Waals surface area contributed by atoms with Crippen molar-refractivity contribution < 1.29 is 15.0 Å². The lowest BCUT2D eigenvalue weighted by Crippen LogP contribution is -2.42. The summed E-state index contributed by atoms with van der Waals surface area (Å²) in [6.07, 6.45) is 5.90. The zero-order valence-electron chi connectivity index (χ0n) is 15.7. The molecule has 2 saturated carbocycles. The average Bonchev–Trinajstić information content (AvgIpc) is 2.96. The molecule has 27 heavy (non-hydrogen) atoms. The summed E-state index contributed by atoms with van der Waals surface area (Å²) in [7, 11) is 0. The highest BCUT2D eigenvalue weighted by atomic mass is 16.3. The number of hydrogen-bond donors (Lipinski definition) is 2. The van der Waals surface area contributed by atoms with Gasteiger partial charge in [0.25, 0.3) is 0 Å². The molecule has 2 aromatic carbocycles. The quantitative estimate of drug-likeness (QED) is 0.734. The van der Waals surface area contributed by atoms with Gasteiger partial charge in [-0.25, -0.2) is 0 Å². The number of fused-ring (bicyclic) bond motifs is 5. The van der Waals surface area contributed by atoms with Gasteiger partial charge in [-0.2, -0.15) is 0 Å². The summed E-state index contributed by atoms with van der Waals surface area (Å²) in [4.78, 5) is 12.6. The maximum absolute atomic E-state index is 12.6. The molecule has 140 valence electrons. The third-order valence-electron chi connectivity index (χ3n) is 7.69. The monoisotopic (exact) mass is 362 g/mol. The zero-order valence-corrected chi connectivity index (χ0v) is 15.7. The second-order valence-electron chi connectivity index (χ2n) is 8.95. The fourth-order valence-corrected chi connectivity index (χ4v) is 6.36. The highest BCUT2D eigenvalue weighted by Gasteiger charge is 2.54. The predicted octanol–water partition coefficient (Wildman–Crippen LogP) is 5.19. The van der Waals surface area contributed by atoms with Gasteiger partial charge < -0.3 is 10.2 Å². The SMILES string of the molecule is C[C@]12CC[C@@H]3c4c(cc(O)cc4-c4ccc(O)cc4)CC[C@H]3[C@@H]1CCC2=O. The fraction of sp³-hybridized carbons (Fsp3) is 0.458. The van der Waals surface area contributed by atoms with Gasteiger partial charge >= 0.3 is 0 Å². The number of hydrogen-bond acceptors (Lipinski definition) is 3. The minimum atomic E-state index is -0.117. The van der Waals surface area contributed by atoms with Crippen LogP contribution in [-0.2, 0) is 11.2 Å². The molecule has 0 heterocycles. The molecule has 2 fully saturated rings. The smallest absolute Gasteiger partial charge is 0.139 e. The van der Waals surface area contributed by atoms with Gasteiger partial charge in [-0.3, -0.25) is 4.79 Å². The maximum atomic E-state index is 12.6. The molecule has 2 N–H and O–H groups in total. The lowest BCUT2D eigenvalue weighted by Gasteiger charge is -2.48. The molecule has 0 saturated heterocycles. The number of aryl methyl sites for hydroxylation is 1. The van der Waals surface area contributed by atoms with Gasteiger partial charge in [0.1, 0.15) is 17.3 Å². The Labute approximate surface area is 160 Å². The molecule has 0 aliphatic heterocycles. The van der Waals surface area contributed by atoms with E-state index < -0.39 is 0 Å². The zero-order chi connectivity index (χ0) is 18.8. The lowest BCUT2D eigenvalue weighted by atomic mass is 9.55. The first-order valence-corrected chi connectivity index (χ1v) is 10.2. The van der Waals surface area contributed by atoms with Crippen LogP contribution in [0.5, 0.6) is 11.5 Å². The molecule has 3 heteroatoms. The molecule has 0 bridgehead atoms. The number of carbonyl (C=O) groups excluding carboxylic acids is 1. The Balaban J connectivity index is 1.63. The van der Waals surface area contributed by atoms with Crippen LogP contribution in [0.15, 0.2) is 36.4 Å². The summed E-state index contributed by atoms with van der Waals surface area (Å²) in [5, 5.41) is 20.0. The van der Waals surface area contributed by atoms with Crippen LogP contribution in [-0.4, -0.2) is 16.0 Å². The van der Waals surface area contributed by atoms with Crippen LogP contribution in [0, 0.1) is 17.3 Å². The molecule has 0 radical (unpaired) electrons. The van der Waals surface area contributed by atoms with Crippen LogP contribution in [0.3, 0.4) is 0 Å². The molecule has 4 atom stereocenters. The number of Topliss-reactive ketones (excluding diaryl/α,β-unsaturated/α-hetero) is 1. The van der Waals surface area contributed by atoms with E-state index in [2.05, 4.69) is 6.92 Å². The van der Waals surface area contributed by atoms with Crippen LogP contribution in [0.25, 0.3) is 11.1 Å². The number of rotatable bonds is 1. The molecule has 3 aliphatic carbocycles. The van der Waals surface area contributed by atoms with Gasteiger partial charge in [-0.1, -0.05) is 19.1 Å². The summed E-state index contributed by atoms with van der Waals surface area (Å²) < 4.78 is 0. The molecular formula is C24H26O3. The van der Waals surface area contributed by atoms with Crippen molar-refractivity contribution in [2.24, 2.45) is 17.3 Å². The van der Waals surface area contributed by atoms with Crippen molar-refractivity contribution in [3.8, 4) is 22.6 Å². The van der Waals surface area contributed by atoms with Crippen LogP contribution < -0.4 is 0 Å². The van der Waals surface area contributed by atoms with Crippen molar-refractivity contribution in [3.05, 3.63) is 47.5 Å². The van der Waals surface area contributed by atoms with E-state index in [1.165, 1.54) is 11.1 Å². The molecule has 3 nitrogen and oxygen atoms in total. The number of aromatic hydroxyl groups is 2. The van der Waals surface area contributed by atoms with Crippen molar-refractivity contribution in [3.63, 3.8) is 0 Å². The Kier molecular flexibility index (Phi) is 3.65. The minimum absolute atomic E-state index is 0.117. The van der Waals surface area contributed by atoms with E-state index in [1.807, 2.05) is 24.3 Å². The highest BCUT2D eigenvalue weighted by Crippen LogP contribution is 2.60. The third-order valence-corrected chi connectivity index (χ3v) is 7.69. The van der Waals surface area contributed by atoms with E-state index in [-0.39, 0.29) is 11.2 Å². The summed E-state index contributed by atoms with van der Waals surface area (Å²) in [5.74, 6) is 2.56. The molecular weight excluding hydrogens is 336 g/mol. The summed E-state index contributed by atoms with van der Waals surface area (Å²) >= 11 is 0. The van der Waals surface area contributed by atoms with Crippen molar-refractivity contribution in [2.75, 3.05) is 0 Å². The topological polar surface area (TPSA) is 57.5 Å². The molecule has 0 spiro atoms. The average molecular weight is 362 g/mol. The first-order valence-electron chi connectivity index (χ1n) is 10.2. The third kappa shape index (κ3) is 2.44. The van der Waals surface area contributed by atoms with E-state index in [1.54, 1.807) is 12.1 Å². The van der Waals surface area contributed by atoms with Gasteiger partial charge in [-0.05, 0) is 96.4 Å². The molecule has 3 aliphatic rings. The molecule has 0 unspecified atom stereocenters. The number of phenolic OH excluding ortho intramolecular Hbond substituents is 2. The van der Waals surface area contributed by atoms with Crippen molar-refractivity contribution in [1.29, 1.82) is 0 Å². The van der Waals surface area contributed by atoms with Crippen LogP contribution >= 0.6 is 0 Å². The second kappa shape index (κ2) is 5.85. The Bertz CT molecular complexity index is 914. The molecule has 0 amide bonds. The van der Waals surface area contributed by atoms with Gasteiger partial charge in [0.15, 0.2) is 0 Å². The predicted molar refractivity (Wildman–Crippen MR) is 105 cm³/mol. The fourth-order valence-electron chi connectivity index (χ4n) is 6.36. The van der Waals surface area contributed by atoms with Crippen molar-refractivity contribution >= 4 is 5.78 Å². The minimum Gasteiger partial charge on any atom is -0.508 e. The lowest BCUT2D eigenvalue weighted by molar-refractivity contribution is -0.129. The summed E-state index contributed by atoms with van der Waals surface area (Å²) in [6.45, 7) is 2.20. The number of ketones is 1. The first-order chi connectivity index (χ1) is 13.0. The van der Waals surface area contributed by atoms with E-state index in [0.717, 1.165) is 49.7 Å². The van der Waals surface area contributed by atoms with Crippen molar-refractivity contribution in [2.45, 2.75) is 51.4 Å². The Hall–Kier alpha value is -2.29. The van der Waals surface area contributed by atoms with E-state index in [4.69, 9.17) is 0 Å². The van der Waals surface area contributed by atoms with E-state index >= 15 is 0 Å². The van der Waals surface area contributed by atoms with Crippen LogP contribution in [0.4, 0.5) is 0 Å². The first kappa shape index (κ1) is 16.9. The van der Waals surface area contributed by atoms with Gasteiger partial charge in [0, 0.05) is 11.8 Å². The number of carbonyl (C=O) groups is 1. The number of phenols is 2. The normalized spacial score (nSPS) is 31.9. The van der Waals surface area contributed by atoms with Crippen LogP contribution in [0.2, 0.25) is 0 Å². The van der Waals surface area contributed by atoms with Gasteiger partial charge in [0.05, 0.1) is 0 Å². The highest BCUT2D eigenvalue weighted by molar-refractivity contribution is 5.87. The standard InChI is InChI=1S/C24H26O3/c1-24-11-10-19-18(21(24)8-9-22(24)27)7-4-15-12-17(26)13-20(23(15)19)14-2-5-16(25)6-3-14/h2-3,5-6,12-13,18-19,21,25-26H,4,7-11H2,1H3/t18-,19+,21+,24+/m1/s1. The Morgan fingerprint density at radius 1 is 0.963 bits per heavy atom. The van der Waals surface area contributed by atoms with Crippen LogP contribution in [0.1, 0.15) is 56.1 Å². The van der Waals surface area contributed by atoms with Gasteiger partial charge in [0.2, 0.25) is 0 Å². The molecule has 0 aromatic heterocycles. The largest absolute Gasteiger partial charge is 0.508 e. The maximum Gasteiger partial charge on any atom is 0.139 e. The molecule has 2 aromatic rings. The Morgan fingerprint density at radius 3 is 2.52 bits per heavy atom. The second-order valence-corrected chi connectivity index (χ2v) is 8.95. The Morgan fingerprint density at radius 2 is 1.74 bits per heavy atom. The van der Waals surface area contributed by atoms with E-state index in [0.29, 0.717) is 29.3 Å². The molecule has 5 rings (SSSR count).